The summed E-state index contributed by atoms with van der Waals surface area (Å²) in [6, 6.07) is 6.73. The minimum absolute atomic E-state index is 0.0232. The second-order valence-corrected chi connectivity index (χ2v) is 13.3. The van der Waals surface area contributed by atoms with Gasteiger partial charge in [-0.1, -0.05) is 12.1 Å². The first-order valence-corrected chi connectivity index (χ1v) is 15.8. The first kappa shape index (κ1) is 36.2. The molecule has 0 aromatic heterocycles. The van der Waals surface area contributed by atoms with E-state index in [0.29, 0.717) is 23.3 Å². The molecule has 6 rings (SSSR count). The van der Waals surface area contributed by atoms with E-state index >= 15 is 0 Å². The first-order chi connectivity index (χ1) is 23.7. The molecule has 3 aliphatic rings. The van der Waals surface area contributed by atoms with Crippen molar-refractivity contribution in [3.05, 3.63) is 88.0 Å². The lowest BCUT2D eigenvalue weighted by Crippen LogP contribution is -2.49. The highest BCUT2D eigenvalue weighted by Gasteiger charge is 2.50. The molecule has 3 aliphatic heterocycles. The Morgan fingerprint density at radius 3 is 2.02 bits per heavy atom. The molecular weight excluding hydrogens is 699 g/mol. The maximum absolute atomic E-state index is 14.2. The van der Waals surface area contributed by atoms with E-state index in [0.717, 1.165) is 17.0 Å². The van der Waals surface area contributed by atoms with Crippen molar-refractivity contribution < 1.29 is 63.3 Å². The Kier molecular flexibility index (Phi) is 8.90. The first-order valence-electron chi connectivity index (χ1n) is 15.8. The van der Waals surface area contributed by atoms with Crippen LogP contribution in [0.5, 0.6) is 5.75 Å². The van der Waals surface area contributed by atoms with Crippen LogP contribution >= 0.6 is 0 Å². The van der Waals surface area contributed by atoms with Gasteiger partial charge >= 0.3 is 30.7 Å². The number of hydrogen-bond acceptors (Lipinski definition) is 5. The number of ether oxygens (including phenoxy) is 3. The summed E-state index contributed by atoms with van der Waals surface area (Å²) >= 11 is 0. The van der Waals surface area contributed by atoms with E-state index in [-0.39, 0.29) is 48.8 Å². The molecule has 3 heterocycles. The van der Waals surface area contributed by atoms with Gasteiger partial charge in [0.15, 0.2) is 0 Å². The maximum atomic E-state index is 14.2. The predicted molar refractivity (Wildman–Crippen MR) is 163 cm³/mol. The number of amides is 2. The summed E-state index contributed by atoms with van der Waals surface area (Å²) in [5, 5.41) is 2.63. The largest absolute Gasteiger partial charge is 0.496 e. The van der Waals surface area contributed by atoms with E-state index in [1.165, 1.54) is 13.2 Å². The van der Waals surface area contributed by atoms with Gasteiger partial charge in [0.1, 0.15) is 17.5 Å². The summed E-state index contributed by atoms with van der Waals surface area (Å²) in [4.78, 5) is 26.6. The molecule has 0 spiro atoms. The molecule has 7 nitrogen and oxygen atoms in total. The molecule has 51 heavy (non-hydrogen) atoms. The van der Waals surface area contributed by atoms with Crippen LogP contribution in [0, 0.1) is 0 Å². The molecule has 3 aromatic carbocycles. The minimum Gasteiger partial charge on any atom is -0.496 e. The Hall–Kier alpha value is -4.63. The Bertz CT molecular complexity index is 1820. The average Bonchev–Trinajstić information content (AvgIpc) is 3.39. The monoisotopic (exact) mass is 730 g/mol. The molecule has 3 fully saturated rings. The van der Waals surface area contributed by atoms with E-state index in [1.54, 1.807) is 32.0 Å². The second kappa shape index (κ2) is 12.5. The molecule has 0 bridgehead atoms. The third-order valence-electron chi connectivity index (χ3n) is 9.70. The van der Waals surface area contributed by atoms with Gasteiger partial charge in [0.2, 0.25) is 0 Å². The summed E-state index contributed by atoms with van der Waals surface area (Å²) in [5.41, 5.74) is -4.49. The van der Waals surface area contributed by atoms with Gasteiger partial charge in [-0.05, 0) is 97.8 Å². The van der Waals surface area contributed by atoms with E-state index in [1.807, 2.05) is 0 Å². The summed E-state index contributed by atoms with van der Waals surface area (Å²) in [6.45, 7) is 3.61. The molecule has 3 aromatic rings. The van der Waals surface area contributed by atoms with Crippen LogP contribution < -0.4 is 10.1 Å². The zero-order valence-corrected chi connectivity index (χ0v) is 27.2. The number of alkyl halides is 9. The molecule has 2 amide bonds. The SMILES string of the molecule is COc1ccc([C@H]2CNC(=O)OC2(C)C)cc1-c1ccc(C(F)(F)F)cc1[C@@H]1CCC[C@H]2[C@@H](c3cc(C(F)(F)F)cc(C(F)(F)F)c3)OC(=O)N12. The van der Waals surface area contributed by atoms with Crippen molar-refractivity contribution in [1.29, 1.82) is 0 Å². The van der Waals surface area contributed by atoms with Gasteiger partial charge in [-0.15, -0.1) is 0 Å². The highest BCUT2D eigenvalue weighted by Crippen LogP contribution is 2.51. The standard InChI is InChI=1S/C35H31F9N2O5/c1-32(2)25(16-45-30(47)51-32)17-7-10-28(49-3)24(13-17)22-9-8-19(33(36,37)38)15-23(22)26-5-4-6-27-29(50-31(48)46(26)27)18-11-20(34(39,40)41)14-21(12-18)35(42,43)44/h7-15,25-27,29H,4-6,16H2,1-3H3,(H,45,47)/t25-,26+,27+,29-/m1/s1. The van der Waals surface area contributed by atoms with E-state index in [2.05, 4.69) is 5.32 Å². The van der Waals surface area contributed by atoms with Crippen molar-refractivity contribution in [3.8, 4) is 16.9 Å². The van der Waals surface area contributed by atoms with Gasteiger partial charge in [0.25, 0.3) is 0 Å². The molecule has 0 saturated carbocycles. The summed E-state index contributed by atoms with van der Waals surface area (Å²) < 4.78 is 141. The van der Waals surface area contributed by atoms with Gasteiger partial charge in [-0.3, -0.25) is 4.90 Å². The fourth-order valence-electron chi connectivity index (χ4n) is 7.29. The van der Waals surface area contributed by atoms with E-state index < -0.39 is 82.7 Å². The molecule has 4 atom stereocenters. The van der Waals surface area contributed by atoms with Crippen LogP contribution in [0.3, 0.4) is 0 Å². The molecular formula is C35H31F9N2O5. The number of carbonyl (C=O) groups excluding carboxylic acids is 2. The lowest BCUT2D eigenvalue weighted by atomic mass is 9.80. The second-order valence-electron chi connectivity index (χ2n) is 13.3. The van der Waals surface area contributed by atoms with Crippen molar-refractivity contribution in [2.45, 2.75) is 81.3 Å². The Morgan fingerprint density at radius 2 is 1.43 bits per heavy atom. The van der Waals surface area contributed by atoms with Crippen LogP contribution in [0.4, 0.5) is 49.1 Å². The summed E-state index contributed by atoms with van der Waals surface area (Å²) in [5.74, 6) is -0.142. The third-order valence-corrected chi connectivity index (χ3v) is 9.70. The molecule has 0 radical (unpaired) electrons. The van der Waals surface area contributed by atoms with Crippen LogP contribution in [-0.4, -0.2) is 42.4 Å². The number of carbonyl (C=O) groups is 2. The highest BCUT2D eigenvalue weighted by atomic mass is 19.4. The van der Waals surface area contributed by atoms with Gasteiger partial charge < -0.3 is 19.5 Å². The number of fused-ring (bicyclic) bond motifs is 1. The summed E-state index contributed by atoms with van der Waals surface area (Å²) in [7, 11) is 1.36. The number of hydrogen-bond donors (Lipinski definition) is 1. The van der Waals surface area contributed by atoms with E-state index in [9.17, 15) is 49.1 Å². The van der Waals surface area contributed by atoms with E-state index in [4.69, 9.17) is 14.2 Å². The van der Waals surface area contributed by atoms with Crippen LogP contribution in [0.15, 0.2) is 54.6 Å². The number of nitrogens with zero attached hydrogens (tertiary/aromatic N) is 1. The number of rotatable bonds is 5. The van der Waals surface area contributed by atoms with Crippen LogP contribution in [0.25, 0.3) is 11.1 Å². The minimum atomic E-state index is -5.15. The molecule has 0 unspecified atom stereocenters. The fourth-order valence-corrected chi connectivity index (χ4v) is 7.29. The van der Waals surface area contributed by atoms with Crippen LogP contribution in [-0.2, 0) is 28.0 Å². The number of cyclic esters (lactones) is 2. The Labute approximate surface area is 285 Å². The zero-order valence-electron chi connectivity index (χ0n) is 27.2. The average molecular weight is 731 g/mol. The molecule has 1 N–H and O–H groups in total. The topological polar surface area (TPSA) is 77.1 Å². The number of benzene rings is 3. The highest BCUT2D eigenvalue weighted by molar-refractivity contribution is 5.78. The number of nitrogens with one attached hydrogen (secondary N) is 1. The van der Waals surface area contributed by atoms with Crippen molar-refractivity contribution in [2.75, 3.05) is 13.7 Å². The number of halogens is 9. The van der Waals surface area contributed by atoms with Gasteiger partial charge in [0.05, 0.1) is 35.9 Å². The lowest BCUT2D eigenvalue weighted by Gasteiger charge is -2.39. The van der Waals surface area contributed by atoms with Crippen molar-refractivity contribution in [2.24, 2.45) is 0 Å². The Morgan fingerprint density at radius 1 is 0.784 bits per heavy atom. The lowest BCUT2D eigenvalue weighted by molar-refractivity contribution is -0.143. The van der Waals surface area contributed by atoms with Gasteiger partial charge in [-0.25, -0.2) is 9.59 Å². The Balaban J connectivity index is 1.47. The number of methoxy groups -OCH3 is 1. The quantitative estimate of drug-likeness (QED) is 0.265. The fraction of sp³-hybridized carbons (Fsp3) is 0.429. The van der Waals surface area contributed by atoms with Crippen LogP contribution in [0.2, 0.25) is 0 Å². The molecule has 3 saturated heterocycles. The summed E-state index contributed by atoms with van der Waals surface area (Å²) in [6.07, 6.45) is -17.9. The number of alkyl carbamates (subject to hydrolysis) is 1. The van der Waals surface area contributed by atoms with Crippen molar-refractivity contribution in [3.63, 3.8) is 0 Å². The maximum Gasteiger partial charge on any atom is 0.416 e. The zero-order chi connectivity index (χ0) is 37.3. The molecule has 274 valence electrons. The van der Waals surface area contributed by atoms with Crippen molar-refractivity contribution >= 4 is 12.2 Å². The normalized spacial score (nSPS) is 23.6. The smallest absolute Gasteiger partial charge is 0.416 e. The van der Waals surface area contributed by atoms with Crippen molar-refractivity contribution in [1.82, 2.24) is 10.2 Å². The van der Waals surface area contributed by atoms with Gasteiger partial charge in [0, 0.05) is 18.0 Å². The van der Waals surface area contributed by atoms with Crippen LogP contribution in [0.1, 0.15) is 84.6 Å². The van der Waals surface area contributed by atoms with Gasteiger partial charge in [-0.2, -0.15) is 39.5 Å². The number of piperidine rings is 1. The third kappa shape index (κ3) is 6.88. The molecule has 0 aliphatic carbocycles. The molecule has 16 heteroatoms. The predicted octanol–water partition coefficient (Wildman–Crippen LogP) is 9.81.